The van der Waals surface area contributed by atoms with Crippen LogP contribution in [0.2, 0.25) is 0 Å². The third-order valence-corrected chi connectivity index (χ3v) is 2.71. The summed E-state index contributed by atoms with van der Waals surface area (Å²) in [5.74, 6) is -0.0162. The van der Waals surface area contributed by atoms with E-state index in [-0.39, 0.29) is 5.91 Å². The van der Waals surface area contributed by atoms with E-state index in [0.717, 1.165) is 19.5 Å². The number of carbonyl (C=O) groups is 1. The zero-order valence-electron chi connectivity index (χ0n) is 11.9. The molecule has 0 bridgehead atoms. The summed E-state index contributed by atoms with van der Waals surface area (Å²) in [5, 5.41) is 20.2. The van der Waals surface area contributed by atoms with Crippen LogP contribution in [0.15, 0.2) is 0 Å². The van der Waals surface area contributed by atoms with Crippen LogP contribution in [0.1, 0.15) is 19.3 Å². The fourth-order valence-electron chi connectivity index (χ4n) is 1.67. The van der Waals surface area contributed by atoms with Gasteiger partial charge in [0.05, 0.1) is 31.5 Å². The average molecular weight is 265 g/mol. The van der Waals surface area contributed by atoms with Gasteiger partial charge in [0, 0.05) is 13.1 Å². The number of carbonyl (C=O) groups excluding carboxylic acids is 1. The maximum absolute atomic E-state index is 12.0. The van der Waals surface area contributed by atoms with E-state index < -0.39 is 0 Å². The highest BCUT2D eigenvalue weighted by Crippen LogP contribution is 1.98. The monoisotopic (exact) mass is 265 g/mol. The van der Waals surface area contributed by atoms with Crippen molar-refractivity contribution in [1.29, 1.82) is 10.5 Å². The summed E-state index contributed by atoms with van der Waals surface area (Å²) < 4.78 is 0. The summed E-state index contributed by atoms with van der Waals surface area (Å²) in [4.78, 5) is 15.6. The number of nitriles is 2. The van der Waals surface area contributed by atoms with Crippen LogP contribution in [-0.4, -0.2) is 62.5 Å². The summed E-state index contributed by atoms with van der Waals surface area (Å²) in [7, 11) is 3.80. The summed E-state index contributed by atoms with van der Waals surface area (Å²) in [6.45, 7) is 2.91. The minimum absolute atomic E-state index is 0.0162. The standard InChI is InChI=1S/C13H23N5O/c1-16-8-5-9-17(2)12-13(19)18(10-3-6-14)11-4-7-15/h16H,3-5,8-12H2,1-2H3. The predicted molar refractivity (Wildman–Crippen MR) is 73.1 cm³/mol. The Bertz CT molecular complexity index is 313. The smallest absolute Gasteiger partial charge is 0.236 e. The molecule has 0 unspecified atom stereocenters. The van der Waals surface area contributed by atoms with Gasteiger partial charge in [0.1, 0.15) is 0 Å². The molecule has 0 saturated heterocycles. The van der Waals surface area contributed by atoms with Gasteiger partial charge in [-0.3, -0.25) is 9.69 Å². The maximum Gasteiger partial charge on any atom is 0.236 e. The lowest BCUT2D eigenvalue weighted by molar-refractivity contribution is -0.132. The summed E-state index contributed by atoms with van der Waals surface area (Å²) in [5.41, 5.74) is 0. The minimum Gasteiger partial charge on any atom is -0.340 e. The molecule has 0 radical (unpaired) electrons. The van der Waals surface area contributed by atoms with Crippen molar-refractivity contribution in [3.63, 3.8) is 0 Å². The number of nitrogens with zero attached hydrogens (tertiary/aromatic N) is 4. The molecule has 0 aromatic carbocycles. The van der Waals surface area contributed by atoms with Crippen LogP contribution < -0.4 is 5.32 Å². The molecule has 0 rings (SSSR count). The van der Waals surface area contributed by atoms with Crippen LogP contribution in [0.25, 0.3) is 0 Å². The number of nitrogens with one attached hydrogen (secondary N) is 1. The zero-order chi connectivity index (χ0) is 14.5. The molecule has 1 N–H and O–H groups in total. The number of hydrogen-bond acceptors (Lipinski definition) is 5. The van der Waals surface area contributed by atoms with Gasteiger partial charge >= 0.3 is 0 Å². The highest BCUT2D eigenvalue weighted by atomic mass is 16.2. The second-order valence-corrected chi connectivity index (χ2v) is 4.39. The SMILES string of the molecule is CNCCCN(C)CC(=O)N(CCC#N)CCC#N. The molecule has 0 aromatic rings. The maximum atomic E-state index is 12.0. The zero-order valence-corrected chi connectivity index (χ0v) is 11.9. The van der Waals surface area contributed by atoms with Gasteiger partial charge < -0.3 is 10.2 Å². The molecule has 1 amide bonds. The van der Waals surface area contributed by atoms with E-state index in [0.29, 0.717) is 32.5 Å². The van der Waals surface area contributed by atoms with E-state index in [1.54, 1.807) is 4.90 Å². The largest absolute Gasteiger partial charge is 0.340 e. The third-order valence-electron chi connectivity index (χ3n) is 2.71. The summed E-state index contributed by atoms with van der Waals surface area (Å²) in [6.07, 6.45) is 1.60. The molecule has 6 heteroatoms. The Hall–Kier alpha value is -1.63. The molecule has 0 aliphatic carbocycles. The predicted octanol–water partition coefficient (Wildman–Crippen LogP) is 0.184. The van der Waals surface area contributed by atoms with E-state index in [1.165, 1.54) is 0 Å². The summed E-state index contributed by atoms with van der Waals surface area (Å²) >= 11 is 0. The van der Waals surface area contributed by atoms with E-state index in [2.05, 4.69) is 5.32 Å². The molecule has 0 atom stereocenters. The second kappa shape index (κ2) is 11.5. The van der Waals surface area contributed by atoms with E-state index in [4.69, 9.17) is 10.5 Å². The lowest BCUT2D eigenvalue weighted by atomic mass is 10.3. The van der Waals surface area contributed by atoms with Crippen LogP contribution in [0.5, 0.6) is 0 Å². The lowest BCUT2D eigenvalue weighted by Gasteiger charge is -2.24. The number of amides is 1. The molecule has 19 heavy (non-hydrogen) atoms. The van der Waals surface area contributed by atoms with Crippen molar-refractivity contribution < 1.29 is 4.79 Å². The lowest BCUT2D eigenvalue weighted by Crippen LogP contribution is -2.40. The minimum atomic E-state index is -0.0162. The van der Waals surface area contributed by atoms with Gasteiger partial charge in [-0.25, -0.2) is 0 Å². The fraction of sp³-hybridized carbons (Fsp3) is 0.769. The molecule has 0 spiro atoms. The van der Waals surface area contributed by atoms with Gasteiger partial charge in [0.25, 0.3) is 0 Å². The van der Waals surface area contributed by atoms with Crippen molar-refractivity contribution in [2.24, 2.45) is 0 Å². The first-order chi connectivity index (χ1) is 9.15. The van der Waals surface area contributed by atoms with Gasteiger partial charge in [0.15, 0.2) is 0 Å². The summed E-state index contributed by atoms with van der Waals surface area (Å²) in [6, 6.07) is 4.05. The Labute approximate surface area is 115 Å². The van der Waals surface area contributed by atoms with Crippen LogP contribution in [0.4, 0.5) is 0 Å². The molecule has 0 aromatic heterocycles. The van der Waals surface area contributed by atoms with Crippen molar-refractivity contribution in [3.05, 3.63) is 0 Å². The molecule has 0 heterocycles. The molecular formula is C13H23N5O. The van der Waals surface area contributed by atoms with Gasteiger partial charge in [0.2, 0.25) is 5.91 Å². The average Bonchev–Trinajstić information content (AvgIpc) is 2.39. The molecule has 0 fully saturated rings. The molecule has 106 valence electrons. The fourth-order valence-corrected chi connectivity index (χ4v) is 1.67. The van der Waals surface area contributed by atoms with Crippen molar-refractivity contribution in [2.45, 2.75) is 19.3 Å². The molecule has 0 aliphatic rings. The molecule has 0 saturated carbocycles. The Morgan fingerprint density at radius 1 is 1.16 bits per heavy atom. The Morgan fingerprint density at radius 2 is 1.74 bits per heavy atom. The van der Waals surface area contributed by atoms with Crippen LogP contribution in [0, 0.1) is 22.7 Å². The van der Waals surface area contributed by atoms with Gasteiger partial charge in [-0.1, -0.05) is 0 Å². The molecule has 0 aliphatic heterocycles. The highest BCUT2D eigenvalue weighted by molar-refractivity contribution is 5.78. The quantitative estimate of drug-likeness (QED) is 0.570. The van der Waals surface area contributed by atoms with Crippen molar-refractivity contribution >= 4 is 5.91 Å². The van der Waals surface area contributed by atoms with Crippen molar-refractivity contribution in [1.82, 2.24) is 15.1 Å². The number of rotatable bonds is 10. The van der Waals surface area contributed by atoms with Gasteiger partial charge in [-0.15, -0.1) is 0 Å². The van der Waals surface area contributed by atoms with Crippen LogP contribution in [0.3, 0.4) is 0 Å². The van der Waals surface area contributed by atoms with E-state index in [9.17, 15) is 4.79 Å². The molecule has 6 nitrogen and oxygen atoms in total. The van der Waals surface area contributed by atoms with Crippen molar-refractivity contribution in [3.8, 4) is 12.1 Å². The number of hydrogen-bond donors (Lipinski definition) is 1. The Kier molecular flexibility index (Phi) is 10.5. The molecular weight excluding hydrogens is 242 g/mol. The topological polar surface area (TPSA) is 83.2 Å². The van der Waals surface area contributed by atoms with Gasteiger partial charge in [-0.05, 0) is 33.6 Å². The number of likely N-dealkylation sites (N-methyl/N-ethyl adjacent to an activating group) is 1. The second-order valence-electron chi connectivity index (χ2n) is 4.39. The van der Waals surface area contributed by atoms with E-state index >= 15 is 0 Å². The van der Waals surface area contributed by atoms with E-state index in [1.807, 2.05) is 31.1 Å². The third kappa shape index (κ3) is 9.01. The highest BCUT2D eigenvalue weighted by Gasteiger charge is 2.14. The first-order valence-corrected chi connectivity index (χ1v) is 6.50. The van der Waals surface area contributed by atoms with Gasteiger partial charge in [-0.2, -0.15) is 10.5 Å². The Morgan fingerprint density at radius 3 is 2.21 bits per heavy atom. The van der Waals surface area contributed by atoms with Crippen LogP contribution >= 0.6 is 0 Å². The first-order valence-electron chi connectivity index (χ1n) is 6.50. The Balaban J connectivity index is 4.14. The van der Waals surface area contributed by atoms with Crippen LogP contribution in [-0.2, 0) is 4.79 Å². The normalized spacial score (nSPS) is 9.95. The first kappa shape index (κ1) is 17.4. The van der Waals surface area contributed by atoms with Crippen molar-refractivity contribution in [2.75, 3.05) is 46.8 Å².